The molecule has 0 radical (unpaired) electrons. The minimum atomic E-state index is 0.198. The van der Waals surface area contributed by atoms with Gasteiger partial charge >= 0.3 is 0 Å². The van der Waals surface area contributed by atoms with Crippen LogP contribution < -0.4 is 10.1 Å². The van der Waals surface area contributed by atoms with Crippen LogP contribution in [0, 0.1) is 5.41 Å². The Labute approximate surface area is 115 Å². The number of hydrogen-bond donors (Lipinski definition) is 1. The maximum atomic E-state index is 5.65. The van der Waals surface area contributed by atoms with Crippen LogP contribution in [0.3, 0.4) is 0 Å². The first-order valence-corrected chi connectivity index (χ1v) is 7.22. The third-order valence-corrected chi connectivity index (χ3v) is 4.78. The van der Waals surface area contributed by atoms with E-state index in [1.54, 1.807) is 0 Å². The van der Waals surface area contributed by atoms with Gasteiger partial charge in [0.25, 0.3) is 0 Å². The molecule has 0 unspecified atom stereocenters. The third-order valence-electron chi connectivity index (χ3n) is 4.78. The summed E-state index contributed by atoms with van der Waals surface area (Å²) in [5.41, 5.74) is 1.98. The number of ether oxygens (including phenoxy) is 2. The van der Waals surface area contributed by atoms with Gasteiger partial charge in [-0.2, -0.15) is 0 Å². The van der Waals surface area contributed by atoms with Crippen LogP contribution >= 0.6 is 0 Å². The van der Waals surface area contributed by atoms with Crippen LogP contribution in [-0.4, -0.2) is 33.4 Å². The molecular weight excluding hydrogens is 238 g/mol. The highest BCUT2D eigenvalue weighted by molar-refractivity contribution is 5.39. The van der Waals surface area contributed by atoms with Crippen molar-refractivity contribution in [1.82, 2.24) is 5.32 Å². The van der Waals surface area contributed by atoms with Crippen molar-refractivity contribution in [3.05, 3.63) is 29.8 Å². The predicted molar refractivity (Wildman–Crippen MR) is 75.7 cm³/mol. The Morgan fingerprint density at radius 3 is 2.63 bits per heavy atom. The fraction of sp³-hybridized carbons (Fsp3) is 0.625. The summed E-state index contributed by atoms with van der Waals surface area (Å²) in [6, 6.07) is 8.59. The fourth-order valence-corrected chi connectivity index (χ4v) is 3.45. The van der Waals surface area contributed by atoms with Gasteiger partial charge in [0.05, 0.1) is 19.8 Å². The maximum Gasteiger partial charge on any atom is 0.119 e. The SMILES string of the molecule is CCOc1cccc(C2(C3(CNC)CC3)COC2)c1. The summed E-state index contributed by atoms with van der Waals surface area (Å²) < 4.78 is 11.2. The molecule has 0 atom stereocenters. The van der Waals surface area contributed by atoms with Gasteiger partial charge in [0, 0.05) is 12.0 Å². The molecular formula is C16H23NO2. The zero-order chi connectivity index (χ0) is 13.3. The molecule has 104 valence electrons. The van der Waals surface area contributed by atoms with E-state index >= 15 is 0 Å². The summed E-state index contributed by atoms with van der Waals surface area (Å²) >= 11 is 0. The molecule has 1 aliphatic heterocycles. The van der Waals surface area contributed by atoms with Crippen molar-refractivity contribution in [2.24, 2.45) is 5.41 Å². The first-order valence-electron chi connectivity index (χ1n) is 7.22. The Balaban J connectivity index is 1.92. The second-order valence-electron chi connectivity index (χ2n) is 5.85. The van der Waals surface area contributed by atoms with Gasteiger partial charge in [0.1, 0.15) is 5.75 Å². The number of rotatable bonds is 6. The van der Waals surface area contributed by atoms with Gasteiger partial charge in [-0.05, 0) is 49.9 Å². The van der Waals surface area contributed by atoms with Crippen LogP contribution in [-0.2, 0) is 10.2 Å². The standard InChI is InChI=1S/C16H23NO2/c1-3-19-14-6-4-5-13(9-14)16(11-18-12-16)15(7-8-15)10-17-2/h4-6,9,17H,3,7-8,10-12H2,1-2H3. The lowest BCUT2D eigenvalue weighted by Crippen LogP contribution is -2.56. The Hall–Kier alpha value is -1.06. The molecule has 2 aliphatic rings. The minimum Gasteiger partial charge on any atom is -0.494 e. The molecule has 1 N–H and O–H groups in total. The second-order valence-corrected chi connectivity index (χ2v) is 5.85. The van der Waals surface area contributed by atoms with Crippen LogP contribution in [0.1, 0.15) is 25.3 Å². The van der Waals surface area contributed by atoms with Gasteiger partial charge in [-0.1, -0.05) is 12.1 Å². The average molecular weight is 261 g/mol. The average Bonchev–Trinajstić information content (AvgIpc) is 3.10. The van der Waals surface area contributed by atoms with E-state index in [9.17, 15) is 0 Å². The molecule has 1 aromatic rings. The lowest BCUT2D eigenvalue weighted by molar-refractivity contribution is -0.0986. The van der Waals surface area contributed by atoms with Gasteiger partial charge < -0.3 is 14.8 Å². The van der Waals surface area contributed by atoms with Crippen molar-refractivity contribution in [3.63, 3.8) is 0 Å². The van der Waals surface area contributed by atoms with Crippen LogP contribution in [0.15, 0.2) is 24.3 Å². The molecule has 3 heteroatoms. The molecule has 1 saturated heterocycles. The Morgan fingerprint density at radius 1 is 1.32 bits per heavy atom. The Kier molecular flexibility index (Phi) is 3.27. The van der Waals surface area contributed by atoms with Gasteiger partial charge in [-0.3, -0.25) is 0 Å². The normalized spacial score (nSPS) is 22.6. The highest BCUT2D eigenvalue weighted by atomic mass is 16.5. The smallest absolute Gasteiger partial charge is 0.119 e. The van der Waals surface area contributed by atoms with Crippen molar-refractivity contribution >= 4 is 0 Å². The fourth-order valence-electron chi connectivity index (χ4n) is 3.45. The van der Waals surface area contributed by atoms with E-state index in [0.29, 0.717) is 12.0 Å². The molecule has 1 aromatic carbocycles. The van der Waals surface area contributed by atoms with E-state index in [0.717, 1.165) is 25.5 Å². The zero-order valence-corrected chi connectivity index (χ0v) is 11.9. The lowest BCUT2D eigenvalue weighted by atomic mass is 9.66. The third kappa shape index (κ3) is 1.96. The first kappa shape index (κ1) is 12.9. The summed E-state index contributed by atoms with van der Waals surface area (Å²) in [6.45, 7) is 5.52. The van der Waals surface area contributed by atoms with Gasteiger partial charge in [0.15, 0.2) is 0 Å². The Bertz CT molecular complexity index is 450. The van der Waals surface area contributed by atoms with E-state index in [2.05, 4.69) is 23.5 Å². The van der Waals surface area contributed by atoms with Crippen LogP contribution in [0.25, 0.3) is 0 Å². The Morgan fingerprint density at radius 2 is 2.11 bits per heavy atom. The van der Waals surface area contributed by atoms with E-state index in [1.165, 1.54) is 18.4 Å². The lowest BCUT2D eigenvalue weighted by Gasteiger charge is -2.48. The molecule has 1 saturated carbocycles. The van der Waals surface area contributed by atoms with E-state index in [-0.39, 0.29) is 5.41 Å². The number of hydrogen-bond acceptors (Lipinski definition) is 3. The summed E-state index contributed by atoms with van der Waals surface area (Å²) in [7, 11) is 2.05. The molecule has 2 fully saturated rings. The number of nitrogens with one attached hydrogen (secondary N) is 1. The van der Waals surface area contributed by atoms with Gasteiger partial charge in [-0.25, -0.2) is 0 Å². The number of benzene rings is 1. The highest BCUT2D eigenvalue weighted by Gasteiger charge is 2.63. The van der Waals surface area contributed by atoms with Crippen molar-refractivity contribution < 1.29 is 9.47 Å². The first-order chi connectivity index (χ1) is 9.26. The molecule has 1 aliphatic carbocycles. The summed E-state index contributed by atoms with van der Waals surface area (Å²) in [4.78, 5) is 0. The molecule has 0 spiro atoms. The molecule has 0 aromatic heterocycles. The monoisotopic (exact) mass is 261 g/mol. The summed E-state index contributed by atoms with van der Waals surface area (Å²) in [5.74, 6) is 0.978. The molecule has 3 nitrogen and oxygen atoms in total. The van der Waals surface area contributed by atoms with Crippen LogP contribution in [0.4, 0.5) is 0 Å². The molecule has 0 amide bonds. The topological polar surface area (TPSA) is 30.5 Å². The van der Waals surface area contributed by atoms with E-state index in [4.69, 9.17) is 9.47 Å². The minimum absolute atomic E-state index is 0.198. The van der Waals surface area contributed by atoms with Gasteiger partial charge in [-0.15, -0.1) is 0 Å². The van der Waals surface area contributed by atoms with Crippen LogP contribution in [0.2, 0.25) is 0 Å². The quantitative estimate of drug-likeness (QED) is 0.852. The molecule has 3 rings (SSSR count). The van der Waals surface area contributed by atoms with E-state index < -0.39 is 0 Å². The highest BCUT2D eigenvalue weighted by Crippen LogP contribution is 2.62. The molecule has 0 bridgehead atoms. The molecule has 19 heavy (non-hydrogen) atoms. The summed E-state index contributed by atoms with van der Waals surface area (Å²) in [5, 5.41) is 3.37. The molecule has 1 heterocycles. The predicted octanol–water partition coefficient (Wildman–Crippen LogP) is 2.35. The van der Waals surface area contributed by atoms with Crippen LogP contribution in [0.5, 0.6) is 5.75 Å². The maximum absolute atomic E-state index is 5.65. The largest absolute Gasteiger partial charge is 0.494 e. The van der Waals surface area contributed by atoms with Crippen molar-refractivity contribution in [3.8, 4) is 5.75 Å². The zero-order valence-electron chi connectivity index (χ0n) is 11.9. The summed E-state index contributed by atoms with van der Waals surface area (Å²) in [6.07, 6.45) is 2.60. The second kappa shape index (κ2) is 4.80. The van der Waals surface area contributed by atoms with Crippen molar-refractivity contribution in [2.45, 2.75) is 25.2 Å². The van der Waals surface area contributed by atoms with Crippen molar-refractivity contribution in [2.75, 3.05) is 33.4 Å². The van der Waals surface area contributed by atoms with Crippen molar-refractivity contribution in [1.29, 1.82) is 0 Å². The van der Waals surface area contributed by atoms with Gasteiger partial charge in [0.2, 0.25) is 0 Å². The van der Waals surface area contributed by atoms with E-state index in [1.807, 2.05) is 20.0 Å².